The van der Waals surface area contributed by atoms with Crippen molar-refractivity contribution in [3.05, 3.63) is 34.9 Å². The second-order valence-corrected chi connectivity index (χ2v) is 4.78. The van der Waals surface area contributed by atoms with Crippen LogP contribution in [0.3, 0.4) is 0 Å². The minimum Gasteiger partial charge on any atom is -0.271 e. The van der Waals surface area contributed by atoms with Gasteiger partial charge in [0.1, 0.15) is 0 Å². The van der Waals surface area contributed by atoms with E-state index in [1.54, 1.807) is 0 Å². The molecule has 0 bridgehead atoms. The van der Waals surface area contributed by atoms with E-state index in [-0.39, 0.29) is 5.91 Å². The van der Waals surface area contributed by atoms with Crippen LogP contribution >= 0.6 is 0 Å². The van der Waals surface area contributed by atoms with Gasteiger partial charge >= 0.3 is 0 Å². The Balaban J connectivity index is 1.81. The molecule has 0 aromatic heterocycles. The maximum Gasteiger partial charge on any atom is 0.277 e. The largest absolute Gasteiger partial charge is 0.277 e. The zero-order chi connectivity index (χ0) is 11.7. The predicted molar refractivity (Wildman–Crippen MR) is 64.7 cm³/mol. The van der Waals surface area contributed by atoms with Crippen LogP contribution in [-0.4, -0.2) is 24.1 Å². The molecular weight excluding hydrogens is 214 g/mol. The minimum absolute atomic E-state index is 0.0133. The van der Waals surface area contributed by atoms with Crippen LogP contribution in [0.2, 0.25) is 0 Å². The van der Waals surface area contributed by atoms with Gasteiger partial charge in [0.15, 0.2) is 0 Å². The SMILES string of the molecule is O=C(c1ccc2c(c1)CCC2)N1CCCCO1. The fraction of sp³-hybridized carbons (Fsp3) is 0.500. The highest BCUT2D eigenvalue weighted by Crippen LogP contribution is 2.23. The monoisotopic (exact) mass is 231 g/mol. The van der Waals surface area contributed by atoms with E-state index in [1.165, 1.54) is 22.6 Å². The first-order valence-corrected chi connectivity index (χ1v) is 6.41. The highest BCUT2D eigenvalue weighted by molar-refractivity contribution is 5.93. The van der Waals surface area contributed by atoms with E-state index in [4.69, 9.17) is 4.84 Å². The molecule has 3 nitrogen and oxygen atoms in total. The molecule has 17 heavy (non-hydrogen) atoms. The quantitative estimate of drug-likeness (QED) is 0.742. The molecule has 2 aliphatic rings. The predicted octanol–water partition coefficient (Wildman–Crippen LogP) is 2.34. The third kappa shape index (κ3) is 2.07. The topological polar surface area (TPSA) is 29.5 Å². The van der Waals surface area contributed by atoms with Crippen LogP contribution in [-0.2, 0) is 17.7 Å². The first-order valence-electron chi connectivity index (χ1n) is 6.41. The normalized spacial score (nSPS) is 19.2. The van der Waals surface area contributed by atoms with Gasteiger partial charge in [-0.25, -0.2) is 5.06 Å². The average Bonchev–Trinajstić information content (AvgIpc) is 2.86. The summed E-state index contributed by atoms with van der Waals surface area (Å²) < 4.78 is 0. The molecule has 1 aromatic carbocycles. The van der Waals surface area contributed by atoms with Gasteiger partial charge < -0.3 is 0 Å². The zero-order valence-electron chi connectivity index (χ0n) is 9.95. The Morgan fingerprint density at radius 3 is 2.82 bits per heavy atom. The van der Waals surface area contributed by atoms with Crippen LogP contribution in [0.5, 0.6) is 0 Å². The molecule has 1 heterocycles. The summed E-state index contributed by atoms with van der Waals surface area (Å²) in [5.74, 6) is 0.0133. The summed E-state index contributed by atoms with van der Waals surface area (Å²) in [6.07, 6.45) is 5.57. The van der Waals surface area contributed by atoms with Gasteiger partial charge in [-0.05, 0) is 55.4 Å². The molecule has 90 valence electrons. The second-order valence-electron chi connectivity index (χ2n) is 4.78. The highest BCUT2D eigenvalue weighted by atomic mass is 16.7. The molecule has 0 spiro atoms. The van der Waals surface area contributed by atoms with E-state index in [9.17, 15) is 4.79 Å². The van der Waals surface area contributed by atoms with E-state index >= 15 is 0 Å². The van der Waals surface area contributed by atoms with E-state index in [1.807, 2.05) is 12.1 Å². The number of aryl methyl sites for hydroxylation is 2. The molecule has 3 heteroatoms. The van der Waals surface area contributed by atoms with E-state index in [0.29, 0.717) is 6.61 Å². The summed E-state index contributed by atoms with van der Waals surface area (Å²) >= 11 is 0. The summed E-state index contributed by atoms with van der Waals surface area (Å²) in [5.41, 5.74) is 3.52. The number of hydroxylamine groups is 2. The summed E-state index contributed by atoms with van der Waals surface area (Å²) in [6.45, 7) is 1.38. The van der Waals surface area contributed by atoms with Crippen molar-refractivity contribution in [1.82, 2.24) is 5.06 Å². The lowest BCUT2D eigenvalue weighted by molar-refractivity contribution is -0.144. The van der Waals surface area contributed by atoms with Crippen LogP contribution in [0.15, 0.2) is 18.2 Å². The molecule has 1 saturated heterocycles. The molecule has 0 atom stereocenters. The van der Waals surface area contributed by atoms with Gasteiger partial charge in [0.05, 0.1) is 6.61 Å². The second kappa shape index (κ2) is 4.49. The number of nitrogens with zero attached hydrogens (tertiary/aromatic N) is 1. The van der Waals surface area contributed by atoms with Crippen LogP contribution in [0.4, 0.5) is 0 Å². The molecule has 1 aliphatic carbocycles. The number of hydrogen-bond acceptors (Lipinski definition) is 2. The molecule has 1 aromatic rings. The Bertz CT molecular complexity index is 436. The number of hydrogen-bond donors (Lipinski definition) is 0. The Morgan fingerprint density at radius 2 is 2.00 bits per heavy atom. The molecule has 0 N–H and O–H groups in total. The van der Waals surface area contributed by atoms with Crippen LogP contribution < -0.4 is 0 Å². The van der Waals surface area contributed by atoms with Crippen LogP contribution in [0.1, 0.15) is 40.7 Å². The fourth-order valence-corrected chi connectivity index (χ4v) is 2.61. The van der Waals surface area contributed by atoms with Gasteiger partial charge in [-0.2, -0.15) is 0 Å². The number of carbonyl (C=O) groups excluding carboxylic acids is 1. The van der Waals surface area contributed by atoms with Gasteiger partial charge in [-0.3, -0.25) is 9.63 Å². The van der Waals surface area contributed by atoms with E-state index in [0.717, 1.165) is 37.8 Å². The smallest absolute Gasteiger partial charge is 0.271 e. The van der Waals surface area contributed by atoms with Crippen molar-refractivity contribution < 1.29 is 9.63 Å². The van der Waals surface area contributed by atoms with E-state index in [2.05, 4.69) is 6.07 Å². The van der Waals surface area contributed by atoms with Gasteiger partial charge in [0, 0.05) is 12.1 Å². The summed E-state index contributed by atoms with van der Waals surface area (Å²) in [4.78, 5) is 17.6. The first kappa shape index (κ1) is 10.8. The third-order valence-electron chi connectivity index (χ3n) is 3.57. The molecule has 0 radical (unpaired) electrons. The third-order valence-corrected chi connectivity index (χ3v) is 3.57. The van der Waals surface area contributed by atoms with Crippen molar-refractivity contribution in [3.8, 4) is 0 Å². The van der Waals surface area contributed by atoms with Crippen molar-refractivity contribution >= 4 is 5.91 Å². The van der Waals surface area contributed by atoms with Crippen molar-refractivity contribution in [1.29, 1.82) is 0 Å². The van der Waals surface area contributed by atoms with Crippen molar-refractivity contribution in [2.75, 3.05) is 13.2 Å². The Kier molecular flexibility index (Phi) is 2.85. The summed E-state index contributed by atoms with van der Waals surface area (Å²) in [7, 11) is 0. The number of fused-ring (bicyclic) bond motifs is 1. The molecule has 0 saturated carbocycles. The number of rotatable bonds is 1. The van der Waals surface area contributed by atoms with Crippen molar-refractivity contribution in [2.24, 2.45) is 0 Å². The van der Waals surface area contributed by atoms with Crippen molar-refractivity contribution in [3.63, 3.8) is 0 Å². The maximum absolute atomic E-state index is 12.2. The lowest BCUT2D eigenvalue weighted by Crippen LogP contribution is -2.35. The lowest BCUT2D eigenvalue weighted by Gasteiger charge is -2.26. The summed E-state index contributed by atoms with van der Waals surface area (Å²) in [6, 6.07) is 6.08. The highest BCUT2D eigenvalue weighted by Gasteiger charge is 2.21. The number of benzene rings is 1. The van der Waals surface area contributed by atoms with Gasteiger partial charge in [0.25, 0.3) is 5.91 Å². The lowest BCUT2D eigenvalue weighted by atomic mass is 10.1. The molecule has 1 fully saturated rings. The van der Waals surface area contributed by atoms with Gasteiger partial charge in [-0.1, -0.05) is 6.07 Å². The fourth-order valence-electron chi connectivity index (χ4n) is 2.61. The minimum atomic E-state index is 0.0133. The van der Waals surface area contributed by atoms with E-state index < -0.39 is 0 Å². The first-order chi connectivity index (χ1) is 8.34. The van der Waals surface area contributed by atoms with Gasteiger partial charge in [0.2, 0.25) is 0 Å². The molecular formula is C14H17NO2. The Hall–Kier alpha value is -1.35. The average molecular weight is 231 g/mol. The molecule has 1 aliphatic heterocycles. The molecule has 3 rings (SSSR count). The van der Waals surface area contributed by atoms with Crippen molar-refractivity contribution in [2.45, 2.75) is 32.1 Å². The maximum atomic E-state index is 12.2. The molecule has 1 amide bonds. The standard InChI is InChI=1S/C14H17NO2/c16-14(15-8-1-2-9-17-15)13-7-6-11-4-3-5-12(11)10-13/h6-7,10H,1-5,8-9H2. The van der Waals surface area contributed by atoms with Crippen LogP contribution in [0.25, 0.3) is 0 Å². The molecule has 0 unspecified atom stereocenters. The Labute approximate surface area is 101 Å². The number of carbonyl (C=O) groups is 1. The summed E-state index contributed by atoms with van der Waals surface area (Å²) in [5, 5.41) is 1.51. The van der Waals surface area contributed by atoms with Crippen LogP contribution in [0, 0.1) is 0 Å². The Morgan fingerprint density at radius 1 is 1.12 bits per heavy atom. The number of amides is 1. The van der Waals surface area contributed by atoms with Gasteiger partial charge in [-0.15, -0.1) is 0 Å². The zero-order valence-corrected chi connectivity index (χ0v) is 9.95.